The predicted octanol–water partition coefficient (Wildman–Crippen LogP) is 2.54. The Bertz CT molecular complexity index is 258. The number of thioether (sulfide) groups is 1. The molecule has 1 aromatic carbocycles. The highest BCUT2D eigenvalue weighted by atomic mass is 32.2. The molecule has 1 rings (SSSR count). The van der Waals surface area contributed by atoms with Crippen molar-refractivity contribution in [2.45, 2.75) is 18.2 Å². The van der Waals surface area contributed by atoms with Crippen LogP contribution < -0.4 is 0 Å². The minimum Gasteiger partial charge on any atom is -0.303 e. The molecule has 0 bridgehead atoms. The maximum Gasteiger partial charge on any atom is 0.124 e. The van der Waals surface area contributed by atoms with E-state index in [0.717, 1.165) is 17.6 Å². The molecule has 0 aliphatic carbocycles. The van der Waals surface area contributed by atoms with Crippen LogP contribution >= 0.6 is 11.8 Å². The van der Waals surface area contributed by atoms with Gasteiger partial charge >= 0.3 is 0 Å². The van der Waals surface area contributed by atoms with Gasteiger partial charge in [0.1, 0.15) is 6.29 Å². The third-order valence-electron chi connectivity index (χ3n) is 1.58. The third kappa shape index (κ3) is 2.38. The van der Waals surface area contributed by atoms with Gasteiger partial charge in [0, 0.05) is 11.3 Å². The Kier molecular flexibility index (Phi) is 3.88. The van der Waals surface area contributed by atoms with Gasteiger partial charge in [0.2, 0.25) is 0 Å². The second-order valence-electron chi connectivity index (χ2n) is 2.41. The molecule has 0 aromatic heterocycles. The van der Waals surface area contributed by atoms with Crippen LogP contribution in [0, 0.1) is 0 Å². The van der Waals surface area contributed by atoms with Crippen molar-refractivity contribution in [3.63, 3.8) is 0 Å². The summed E-state index contributed by atoms with van der Waals surface area (Å²) >= 11 is 1.78. The van der Waals surface area contributed by atoms with Gasteiger partial charge in [-0.1, -0.05) is 25.1 Å². The van der Waals surface area contributed by atoms with Crippen LogP contribution in [-0.2, 0) is 11.2 Å². The summed E-state index contributed by atoms with van der Waals surface area (Å²) in [5, 5.41) is 0. The predicted molar refractivity (Wildman–Crippen MR) is 52.6 cm³/mol. The standard InChI is InChI=1S/C10H12OS/c1-2-12-10-6-4-3-5-9(10)7-8-11/h3-6,8H,2,7H2,1H3. The van der Waals surface area contributed by atoms with E-state index in [-0.39, 0.29) is 0 Å². The van der Waals surface area contributed by atoms with Gasteiger partial charge in [-0.3, -0.25) is 0 Å². The Morgan fingerprint density at radius 3 is 2.83 bits per heavy atom. The summed E-state index contributed by atoms with van der Waals surface area (Å²) in [5.41, 5.74) is 1.14. The van der Waals surface area contributed by atoms with E-state index in [1.54, 1.807) is 11.8 Å². The van der Waals surface area contributed by atoms with Crippen LogP contribution in [0.3, 0.4) is 0 Å². The van der Waals surface area contributed by atoms with Crippen molar-refractivity contribution in [3.8, 4) is 0 Å². The van der Waals surface area contributed by atoms with E-state index in [1.165, 1.54) is 4.90 Å². The summed E-state index contributed by atoms with van der Waals surface area (Å²) in [6.45, 7) is 2.11. The van der Waals surface area contributed by atoms with E-state index in [9.17, 15) is 4.79 Å². The van der Waals surface area contributed by atoms with Crippen molar-refractivity contribution >= 4 is 18.0 Å². The zero-order valence-corrected chi connectivity index (χ0v) is 7.93. The lowest BCUT2D eigenvalue weighted by Crippen LogP contribution is -1.88. The Morgan fingerprint density at radius 2 is 2.17 bits per heavy atom. The fourth-order valence-corrected chi connectivity index (χ4v) is 1.88. The summed E-state index contributed by atoms with van der Waals surface area (Å²) in [6, 6.07) is 8.05. The van der Waals surface area contributed by atoms with Crippen LogP contribution in [0.2, 0.25) is 0 Å². The molecule has 0 saturated heterocycles. The first-order valence-corrected chi connectivity index (χ1v) is 5.01. The maximum atomic E-state index is 10.3. The van der Waals surface area contributed by atoms with Gasteiger partial charge in [-0.15, -0.1) is 11.8 Å². The average Bonchev–Trinajstić information content (AvgIpc) is 2.09. The summed E-state index contributed by atoms with van der Waals surface area (Å²) in [5.74, 6) is 1.05. The van der Waals surface area contributed by atoms with Crippen LogP contribution in [0.15, 0.2) is 29.2 Å². The fourth-order valence-electron chi connectivity index (χ4n) is 1.06. The molecule has 2 heteroatoms. The molecule has 0 N–H and O–H groups in total. The van der Waals surface area contributed by atoms with Crippen molar-refractivity contribution < 1.29 is 4.79 Å². The van der Waals surface area contributed by atoms with E-state index >= 15 is 0 Å². The lowest BCUT2D eigenvalue weighted by molar-refractivity contribution is -0.107. The van der Waals surface area contributed by atoms with Crippen molar-refractivity contribution in [3.05, 3.63) is 29.8 Å². The lowest BCUT2D eigenvalue weighted by atomic mass is 10.2. The molecule has 0 spiro atoms. The average molecular weight is 180 g/mol. The molecule has 1 aromatic rings. The zero-order chi connectivity index (χ0) is 8.81. The van der Waals surface area contributed by atoms with Crippen LogP contribution in [0.4, 0.5) is 0 Å². The number of hydrogen-bond donors (Lipinski definition) is 0. The van der Waals surface area contributed by atoms with Gasteiger partial charge in [0.25, 0.3) is 0 Å². The van der Waals surface area contributed by atoms with Crippen LogP contribution in [0.1, 0.15) is 12.5 Å². The normalized spacial score (nSPS) is 9.75. The van der Waals surface area contributed by atoms with E-state index in [1.807, 2.05) is 18.2 Å². The molecule has 12 heavy (non-hydrogen) atoms. The monoisotopic (exact) mass is 180 g/mol. The minimum atomic E-state index is 0.531. The molecule has 0 aliphatic rings. The minimum absolute atomic E-state index is 0.531. The molecule has 0 radical (unpaired) electrons. The molecule has 0 heterocycles. The van der Waals surface area contributed by atoms with Crippen LogP contribution in [-0.4, -0.2) is 12.0 Å². The van der Waals surface area contributed by atoms with Crippen LogP contribution in [0.25, 0.3) is 0 Å². The van der Waals surface area contributed by atoms with Gasteiger partial charge in [-0.2, -0.15) is 0 Å². The molecular weight excluding hydrogens is 168 g/mol. The third-order valence-corrected chi connectivity index (χ3v) is 2.57. The van der Waals surface area contributed by atoms with E-state index in [0.29, 0.717) is 6.42 Å². The molecule has 64 valence electrons. The second kappa shape index (κ2) is 4.99. The molecule has 0 unspecified atom stereocenters. The molecule has 0 saturated carbocycles. The summed E-state index contributed by atoms with van der Waals surface area (Å²) in [7, 11) is 0. The highest BCUT2D eigenvalue weighted by molar-refractivity contribution is 7.99. The van der Waals surface area contributed by atoms with Gasteiger partial charge in [0.05, 0.1) is 0 Å². The van der Waals surface area contributed by atoms with Crippen molar-refractivity contribution in [2.75, 3.05) is 5.75 Å². The molecule has 0 amide bonds. The molecular formula is C10H12OS. The van der Waals surface area contributed by atoms with E-state index in [2.05, 4.69) is 13.0 Å². The lowest BCUT2D eigenvalue weighted by Gasteiger charge is -2.03. The number of carbonyl (C=O) groups is 1. The summed E-state index contributed by atoms with van der Waals surface area (Å²) < 4.78 is 0. The fraction of sp³-hybridized carbons (Fsp3) is 0.300. The molecule has 0 atom stereocenters. The topological polar surface area (TPSA) is 17.1 Å². The quantitative estimate of drug-likeness (QED) is 0.523. The number of carbonyl (C=O) groups excluding carboxylic acids is 1. The second-order valence-corrected chi connectivity index (χ2v) is 3.72. The van der Waals surface area contributed by atoms with Crippen molar-refractivity contribution in [2.24, 2.45) is 0 Å². The van der Waals surface area contributed by atoms with E-state index < -0.39 is 0 Å². The Hall–Kier alpha value is -0.760. The SMILES string of the molecule is CCSc1ccccc1CC=O. The molecule has 0 aliphatic heterocycles. The maximum absolute atomic E-state index is 10.3. The van der Waals surface area contributed by atoms with E-state index in [4.69, 9.17) is 0 Å². The highest BCUT2D eigenvalue weighted by Crippen LogP contribution is 2.21. The molecule has 1 nitrogen and oxygen atoms in total. The summed E-state index contributed by atoms with van der Waals surface area (Å²) in [6.07, 6.45) is 1.48. The van der Waals surface area contributed by atoms with Gasteiger partial charge in [0.15, 0.2) is 0 Å². The molecule has 0 fully saturated rings. The zero-order valence-electron chi connectivity index (χ0n) is 7.12. The first-order chi connectivity index (χ1) is 5.88. The number of benzene rings is 1. The number of rotatable bonds is 4. The number of aldehydes is 1. The van der Waals surface area contributed by atoms with Crippen molar-refractivity contribution in [1.29, 1.82) is 0 Å². The Morgan fingerprint density at radius 1 is 1.42 bits per heavy atom. The Labute approximate surface area is 77.2 Å². The van der Waals surface area contributed by atoms with Gasteiger partial charge in [-0.25, -0.2) is 0 Å². The summed E-state index contributed by atoms with van der Waals surface area (Å²) in [4.78, 5) is 11.6. The smallest absolute Gasteiger partial charge is 0.124 e. The van der Waals surface area contributed by atoms with Crippen molar-refractivity contribution in [1.82, 2.24) is 0 Å². The first kappa shape index (κ1) is 9.33. The highest BCUT2D eigenvalue weighted by Gasteiger charge is 1.99. The van der Waals surface area contributed by atoms with Crippen LogP contribution in [0.5, 0.6) is 0 Å². The van der Waals surface area contributed by atoms with Gasteiger partial charge < -0.3 is 4.79 Å². The first-order valence-electron chi connectivity index (χ1n) is 4.02. The largest absolute Gasteiger partial charge is 0.303 e. The Balaban J connectivity index is 2.83. The number of hydrogen-bond acceptors (Lipinski definition) is 2. The van der Waals surface area contributed by atoms with Gasteiger partial charge in [-0.05, 0) is 17.4 Å².